The number of nitrogens with one attached hydrogen (secondary N) is 1. The van der Waals surface area contributed by atoms with Crippen LogP contribution in [0.5, 0.6) is 0 Å². The Hall–Kier alpha value is -2.09. The van der Waals surface area contributed by atoms with E-state index in [9.17, 15) is 0 Å². The second-order valence-corrected chi connectivity index (χ2v) is 4.01. The standard InChI is InChI=1S/C10H12N6OS/c1-6-14-8(17-16-6)3-4-12-10-7(9(11)18)2-5-13-15-10/h2,5H,3-4H2,1H3,(H2,11,18)(H,12,15). The fourth-order valence-electron chi connectivity index (χ4n) is 1.39. The zero-order chi connectivity index (χ0) is 13.0. The number of thiocarbonyl (C=S) groups is 1. The molecule has 2 heterocycles. The van der Waals surface area contributed by atoms with Gasteiger partial charge < -0.3 is 15.6 Å². The first-order valence-electron chi connectivity index (χ1n) is 5.31. The Balaban J connectivity index is 1.96. The quantitative estimate of drug-likeness (QED) is 0.751. The molecule has 0 saturated carbocycles. The first-order valence-corrected chi connectivity index (χ1v) is 5.72. The molecule has 0 bridgehead atoms. The number of nitrogens with two attached hydrogens (primary N) is 1. The fraction of sp³-hybridized carbons (Fsp3) is 0.300. The molecule has 0 aromatic carbocycles. The number of anilines is 1. The minimum Gasteiger partial charge on any atom is -0.389 e. The Labute approximate surface area is 109 Å². The van der Waals surface area contributed by atoms with E-state index in [0.29, 0.717) is 36.1 Å². The Morgan fingerprint density at radius 1 is 1.56 bits per heavy atom. The van der Waals surface area contributed by atoms with E-state index >= 15 is 0 Å². The highest BCUT2D eigenvalue weighted by molar-refractivity contribution is 7.80. The minimum atomic E-state index is 0.279. The van der Waals surface area contributed by atoms with Crippen molar-refractivity contribution in [3.8, 4) is 0 Å². The molecule has 2 aromatic heterocycles. The van der Waals surface area contributed by atoms with Crippen LogP contribution in [0.25, 0.3) is 0 Å². The van der Waals surface area contributed by atoms with Crippen molar-refractivity contribution in [2.24, 2.45) is 5.73 Å². The monoisotopic (exact) mass is 264 g/mol. The van der Waals surface area contributed by atoms with Gasteiger partial charge in [-0.15, -0.1) is 5.10 Å². The summed E-state index contributed by atoms with van der Waals surface area (Å²) in [6.45, 7) is 2.35. The number of rotatable bonds is 5. The molecular formula is C10H12N6OS. The van der Waals surface area contributed by atoms with Gasteiger partial charge in [-0.25, -0.2) is 0 Å². The molecule has 2 aromatic rings. The van der Waals surface area contributed by atoms with E-state index in [0.717, 1.165) is 0 Å². The highest BCUT2D eigenvalue weighted by Crippen LogP contribution is 2.09. The zero-order valence-electron chi connectivity index (χ0n) is 9.75. The van der Waals surface area contributed by atoms with Crippen LogP contribution in [0.4, 0.5) is 5.82 Å². The summed E-state index contributed by atoms with van der Waals surface area (Å²) in [5, 5.41) is 14.5. The van der Waals surface area contributed by atoms with Gasteiger partial charge in [-0.3, -0.25) is 0 Å². The van der Waals surface area contributed by atoms with E-state index in [1.807, 2.05) is 0 Å². The molecule has 3 N–H and O–H groups in total. The lowest BCUT2D eigenvalue weighted by molar-refractivity contribution is 0.377. The van der Waals surface area contributed by atoms with Crippen LogP contribution in [0.3, 0.4) is 0 Å². The first kappa shape index (κ1) is 12.4. The summed E-state index contributed by atoms with van der Waals surface area (Å²) in [4.78, 5) is 4.37. The van der Waals surface area contributed by atoms with Crippen molar-refractivity contribution < 1.29 is 4.52 Å². The maximum absolute atomic E-state index is 5.58. The van der Waals surface area contributed by atoms with Gasteiger partial charge in [0, 0.05) is 13.0 Å². The van der Waals surface area contributed by atoms with Gasteiger partial charge in [0.25, 0.3) is 0 Å². The highest BCUT2D eigenvalue weighted by Gasteiger charge is 2.07. The molecule has 0 spiro atoms. The van der Waals surface area contributed by atoms with Crippen LogP contribution >= 0.6 is 12.2 Å². The van der Waals surface area contributed by atoms with E-state index in [-0.39, 0.29) is 4.99 Å². The molecule has 0 saturated heterocycles. The average Bonchev–Trinajstić information content (AvgIpc) is 2.75. The van der Waals surface area contributed by atoms with Crippen molar-refractivity contribution in [3.05, 3.63) is 29.5 Å². The lowest BCUT2D eigenvalue weighted by Crippen LogP contribution is -2.16. The summed E-state index contributed by atoms with van der Waals surface area (Å²) >= 11 is 4.93. The van der Waals surface area contributed by atoms with Crippen LogP contribution in [0.15, 0.2) is 16.8 Å². The van der Waals surface area contributed by atoms with Crippen molar-refractivity contribution in [2.75, 3.05) is 11.9 Å². The van der Waals surface area contributed by atoms with Crippen LogP contribution in [-0.2, 0) is 6.42 Å². The first-order chi connectivity index (χ1) is 8.66. The molecule has 94 valence electrons. The molecule has 0 aliphatic rings. The van der Waals surface area contributed by atoms with E-state index in [1.165, 1.54) is 0 Å². The smallest absolute Gasteiger partial charge is 0.228 e. The Morgan fingerprint density at radius 3 is 3.06 bits per heavy atom. The van der Waals surface area contributed by atoms with Gasteiger partial charge in [-0.05, 0) is 13.0 Å². The second kappa shape index (κ2) is 5.50. The molecule has 0 unspecified atom stereocenters. The minimum absolute atomic E-state index is 0.279. The number of hydrogen-bond donors (Lipinski definition) is 2. The van der Waals surface area contributed by atoms with Crippen molar-refractivity contribution in [1.82, 2.24) is 20.3 Å². The third kappa shape index (κ3) is 2.98. The lowest BCUT2D eigenvalue weighted by atomic mass is 10.3. The highest BCUT2D eigenvalue weighted by atomic mass is 32.1. The SMILES string of the molecule is Cc1noc(CCNc2nnccc2C(N)=S)n1. The van der Waals surface area contributed by atoms with E-state index in [1.54, 1.807) is 19.2 Å². The summed E-state index contributed by atoms with van der Waals surface area (Å²) in [5.74, 6) is 1.75. The largest absolute Gasteiger partial charge is 0.389 e. The average molecular weight is 264 g/mol. The van der Waals surface area contributed by atoms with Crippen LogP contribution < -0.4 is 11.1 Å². The predicted molar refractivity (Wildman–Crippen MR) is 69.1 cm³/mol. The molecule has 0 atom stereocenters. The van der Waals surface area contributed by atoms with Gasteiger partial charge in [0.15, 0.2) is 11.6 Å². The molecule has 8 heteroatoms. The molecule has 0 amide bonds. The van der Waals surface area contributed by atoms with E-state index in [2.05, 4.69) is 25.7 Å². The van der Waals surface area contributed by atoms with E-state index < -0.39 is 0 Å². The van der Waals surface area contributed by atoms with Crippen molar-refractivity contribution in [2.45, 2.75) is 13.3 Å². The Kier molecular flexibility index (Phi) is 3.78. The zero-order valence-corrected chi connectivity index (χ0v) is 10.6. The van der Waals surface area contributed by atoms with Gasteiger partial charge in [0.2, 0.25) is 5.89 Å². The number of nitrogens with zero attached hydrogens (tertiary/aromatic N) is 4. The molecule has 0 radical (unpaired) electrons. The van der Waals surface area contributed by atoms with Crippen LogP contribution in [0.2, 0.25) is 0 Å². The van der Waals surface area contributed by atoms with E-state index in [4.69, 9.17) is 22.5 Å². The molecule has 0 aliphatic heterocycles. The van der Waals surface area contributed by atoms with Crippen LogP contribution in [-0.4, -0.2) is 31.9 Å². The molecule has 0 aliphatic carbocycles. The summed E-state index contributed by atoms with van der Waals surface area (Å²) in [6.07, 6.45) is 2.13. The number of aryl methyl sites for hydroxylation is 1. The number of hydrogen-bond acceptors (Lipinski definition) is 7. The maximum Gasteiger partial charge on any atom is 0.228 e. The Morgan fingerprint density at radius 2 is 2.39 bits per heavy atom. The van der Waals surface area contributed by atoms with Crippen molar-refractivity contribution in [3.63, 3.8) is 0 Å². The summed E-state index contributed by atoms with van der Waals surface area (Å²) < 4.78 is 4.99. The molecule has 7 nitrogen and oxygen atoms in total. The van der Waals surface area contributed by atoms with Gasteiger partial charge in [0.05, 0.1) is 11.8 Å². The second-order valence-electron chi connectivity index (χ2n) is 3.57. The van der Waals surface area contributed by atoms with Gasteiger partial charge >= 0.3 is 0 Å². The maximum atomic E-state index is 5.58. The normalized spacial score (nSPS) is 10.3. The van der Waals surface area contributed by atoms with Gasteiger partial charge in [-0.1, -0.05) is 17.4 Å². The predicted octanol–water partition coefficient (Wildman–Crippen LogP) is 0.457. The fourth-order valence-corrected chi connectivity index (χ4v) is 1.56. The number of aromatic nitrogens is 4. The third-order valence-corrected chi connectivity index (χ3v) is 2.41. The van der Waals surface area contributed by atoms with Crippen molar-refractivity contribution >= 4 is 23.0 Å². The van der Waals surface area contributed by atoms with Gasteiger partial charge in [0.1, 0.15) is 4.99 Å². The molecular weight excluding hydrogens is 252 g/mol. The summed E-state index contributed by atoms with van der Waals surface area (Å²) in [7, 11) is 0. The summed E-state index contributed by atoms with van der Waals surface area (Å²) in [6, 6.07) is 1.72. The summed E-state index contributed by atoms with van der Waals surface area (Å²) in [5.41, 5.74) is 6.25. The van der Waals surface area contributed by atoms with Crippen molar-refractivity contribution in [1.29, 1.82) is 0 Å². The van der Waals surface area contributed by atoms with Crippen LogP contribution in [0.1, 0.15) is 17.3 Å². The third-order valence-electron chi connectivity index (χ3n) is 2.19. The van der Waals surface area contributed by atoms with Crippen LogP contribution in [0, 0.1) is 6.92 Å². The lowest BCUT2D eigenvalue weighted by Gasteiger charge is -2.07. The molecule has 2 rings (SSSR count). The Bertz CT molecular complexity index is 555. The topological polar surface area (TPSA) is 103 Å². The van der Waals surface area contributed by atoms with Gasteiger partial charge in [-0.2, -0.15) is 10.1 Å². The molecule has 0 fully saturated rings. The molecule has 18 heavy (non-hydrogen) atoms.